The minimum Gasteiger partial charge on any atom is -0.497 e. The van der Waals surface area contributed by atoms with Crippen LogP contribution in [0.4, 0.5) is 16.5 Å². The molecule has 1 heterocycles. The molecule has 3 rings (SSSR count). The SMILES string of the molecule is CCOC(=O)/C(=N\Nc1ccc(OC)cc1)c1csc(Nc2ccccc2)n1. The molecule has 0 fully saturated rings. The maximum atomic E-state index is 12.4. The second kappa shape index (κ2) is 9.52. The third-order valence-corrected chi connectivity index (χ3v) is 4.39. The Morgan fingerprint density at radius 2 is 1.86 bits per heavy atom. The Bertz CT molecular complexity index is 940. The number of nitrogens with one attached hydrogen (secondary N) is 2. The molecule has 2 aromatic carbocycles. The van der Waals surface area contributed by atoms with Crippen molar-refractivity contribution < 1.29 is 14.3 Å². The van der Waals surface area contributed by atoms with Gasteiger partial charge in [-0.1, -0.05) is 18.2 Å². The van der Waals surface area contributed by atoms with Gasteiger partial charge < -0.3 is 14.8 Å². The molecule has 0 aliphatic rings. The molecule has 0 saturated heterocycles. The summed E-state index contributed by atoms with van der Waals surface area (Å²) in [5.74, 6) is 0.191. The minimum atomic E-state index is -0.542. The van der Waals surface area contributed by atoms with E-state index in [-0.39, 0.29) is 12.3 Å². The van der Waals surface area contributed by atoms with E-state index in [1.807, 2.05) is 30.3 Å². The van der Waals surface area contributed by atoms with Gasteiger partial charge in [0.05, 0.1) is 19.4 Å². The van der Waals surface area contributed by atoms with Crippen LogP contribution in [0.25, 0.3) is 0 Å². The fourth-order valence-corrected chi connectivity index (χ4v) is 2.99. The summed E-state index contributed by atoms with van der Waals surface area (Å²) in [4.78, 5) is 16.8. The number of aromatic nitrogens is 1. The molecule has 28 heavy (non-hydrogen) atoms. The number of thiazole rings is 1. The molecule has 0 spiro atoms. The smallest absolute Gasteiger partial charge is 0.361 e. The first-order chi connectivity index (χ1) is 13.7. The van der Waals surface area contributed by atoms with Crippen LogP contribution in [0.3, 0.4) is 0 Å². The molecular formula is C20H20N4O3S. The molecule has 0 bridgehead atoms. The predicted molar refractivity (Wildman–Crippen MR) is 112 cm³/mol. The van der Waals surface area contributed by atoms with Gasteiger partial charge in [-0.25, -0.2) is 9.78 Å². The van der Waals surface area contributed by atoms with Crippen LogP contribution in [0.1, 0.15) is 12.6 Å². The van der Waals surface area contributed by atoms with E-state index >= 15 is 0 Å². The van der Waals surface area contributed by atoms with Gasteiger partial charge in [0.1, 0.15) is 11.4 Å². The van der Waals surface area contributed by atoms with Gasteiger partial charge in [-0.05, 0) is 43.3 Å². The fraction of sp³-hybridized carbons (Fsp3) is 0.150. The molecule has 0 radical (unpaired) electrons. The van der Waals surface area contributed by atoms with Crippen LogP contribution in [0.15, 0.2) is 65.1 Å². The van der Waals surface area contributed by atoms with E-state index in [4.69, 9.17) is 9.47 Å². The van der Waals surface area contributed by atoms with Crippen LogP contribution in [-0.4, -0.2) is 30.4 Å². The van der Waals surface area contributed by atoms with Crippen molar-refractivity contribution in [2.24, 2.45) is 5.10 Å². The van der Waals surface area contributed by atoms with Gasteiger partial charge >= 0.3 is 5.97 Å². The Balaban J connectivity index is 1.80. The van der Waals surface area contributed by atoms with E-state index in [0.29, 0.717) is 16.5 Å². The Hall–Kier alpha value is -3.39. The van der Waals surface area contributed by atoms with Gasteiger partial charge in [0, 0.05) is 11.1 Å². The Morgan fingerprint density at radius 3 is 2.54 bits per heavy atom. The second-order valence-corrected chi connectivity index (χ2v) is 6.41. The van der Waals surface area contributed by atoms with Crippen LogP contribution in [-0.2, 0) is 9.53 Å². The summed E-state index contributed by atoms with van der Waals surface area (Å²) in [5, 5.41) is 9.84. The Morgan fingerprint density at radius 1 is 1.11 bits per heavy atom. The largest absolute Gasteiger partial charge is 0.497 e. The van der Waals surface area contributed by atoms with E-state index in [2.05, 4.69) is 20.8 Å². The first-order valence-corrected chi connectivity index (χ1v) is 9.50. The maximum Gasteiger partial charge on any atom is 0.361 e. The Labute approximate surface area is 167 Å². The van der Waals surface area contributed by atoms with E-state index in [1.165, 1.54) is 11.3 Å². The molecule has 2 N–H and O–H groups in total. The molecule has 1 aromatic heterocycles. The van der Waals surface area contributed by atoms with Gasteiger partial charge in [0.2, 0.25) is 0 Å². The third kappa shape index (κ3) is 5.08. The quantitative estimate of drug-likeness (QED) is 0.336. The van der Waals surface area contributed by atoms with Crippen LogP contribution < -0.4 is 15.5 Å². The monoisotopic (exact) mass is 396 g/mol. The summed E-state index contributed by atoms with van der Waals surface area (Å²) >= 11 is 1.38. The summed E-state index contributed by atoms with van der Waals surface area (Å²) in [6.45, 7) is 2.00. The highest BCUT2D eigenvalue weighted by Crippen LogP contribution is 2.22. The number of esters is 1. The number of ether oxygens (including phenoxy) is 2. The van der Waals surface area contributed by atoms with Crippen LogP contribution >= 0.6 is 11.3 Å². The average molecular weight is 396 g/mol. The standard InChI is InChI=1S/C20H20N4O3S/c1-3-27-19(25)18(24-23-15-9-11-16(26-2)12-10-15)17-13-28-20(22-17)21-14-7-5-4-6-8-14/h4-13,23H,3H2,1-2H3,(H,21,22)/b24-18-. The van der Waals surface area contributed by atoms with Gasteiger partial charge in [0.15, 0.2) is 10.8 Å². The average Bonchev–Trinajstić information content (AvgIpc) is 3.17. The molecule has 0 aliphatic heterocycles. The van der Waals surface area contributed by atoms with E-state index in [1.54, 1.807) is 43.7 Å². The number of rotatable bonds is 8. The minimum absolute atomic E-state index is 0.107. The molecular weight excluding hydrogens is 376 g/mol. The predicted octanol–water partition coefficient (Wildman–Crippen LogP) is 4.27. The van der Waals surface area contributed by atoms with Gasteiger partial charge in [-0.15, -0.1) is 11.3 Å². The van der Waals surface area contributed by atoms with Crippen LogP contribution in [0.5, 0.6) is 5.75 Å². The number of hydrogen-bond acceptors (Lipinski definition) is 8. The zero-order chi connectivity index (χ0) is 19.8. The molecule has 7 nitrogen and oxygen atoms in total. The summed E-state index contributed by atoms with van der Waals surface area (Å²) in [6.07, 6.45) is 0. The molecule has 0 saturated carbocycles. The van der Waals surface area contributed by atoms with Crippen molar-refractivity contribution in [3.8, 4) is 5.75 Å². The number of para-hydroxylation sites is 1. The van der Waals surface area contributed by atoms with Crippen LogP contribution in [0.2, 0.25) is 0 Å². The zero-order valence-electron chi connectivity index (χ0n) is 15.5. The molecule has 0 unspecified atom stereocenters. The van der Waals surface area contributed by atoms with E-state index in [9.17, 15) is 4.79 Å². The van der Waals surface area contributed by atoms with E-state index < -0.39 is 5.97 Å². The summed E-state index contributed by atoms with van der Waals surface area (Å²) in [6, 6.07) is 16.9. The van der Waals surface area contributed by atoms with Crippen molar-refractivity contribution in [1.29, 1.82) is 0 Å². The van der Waals surface area contributed by atoms with Crippen LogP contribution in [0, 0.1) is 0 Å². The number of methoxy groups -OCH3 is 1. The Kier molecular flexibility index (Phi) is 6.59. The topological polar surface area (TPSA) is 84.8 Å². The van der Waals surface area contributed by atoms with Crippen molar-refractivity contribution in [2.75, 3.05) is 24.5 Å². The number of carbonyl (C=O) groups excluding carboxylic acids is 1. The lowest BCUT2D eigenvalue weighted by molar-refractivity contribution is -0.134. The number of benzene rings is 2. The lowest BCUT2D eigenvalue weighted by atomic mass is 10.3. The summed E-state index contributed by atoms with van der Waals surface area (Å²) < 4.78 is 10.3. The number of anilines is 3. The van der Waals surface area contributed by atoms with Crippen molar-refractivity contribution >= 4 is 39.5 Å². The first kappa shape index (κ1) is 19.4. The molecule has 0 aliphatic carbocycles. The number of carbonyl (C=O) groups is 1. The number of hydrogen-bond donors (Lipinski definition) is 2. The molecule has 0 atom stereocenters. The zero-order valence-corrected chi connectivity index (χ0v) is 16.3. The number of hydrazone groups is 1. The third-order valence-electron chi connectivity index (χ3n) is 3.63. The maximum absolute atomic E-state index is 12.4. The normalized spacial score (nSPS) is 11.0. The highest BCUT2D eigenvalue weighted by Gasteiger charge is 2.19. The van der Waals surface area contributed by atoms with Crippen molar-refractivity contribution in [1.82, 2.24) is 4.98 Å². The highest BCUT2D eigenvalue weighted by molar-refractivity contribution is 7.14. The van der Waals surface area contributed by atoms with Crippen molar-refractivity contribution in [3.05, 3.63) is 65.7 Å². The van der Waals surface area contributed by atoms with Crippen molar-refractivity contribution in [2.45, 2.75) is 6.92 Å². The van der Waals surface area contributed by atoms with Gasteiger partial charge in [-0.3, -0.25) is 5.43 Å². The molecule has 8 heteroatoms. The molecule has 3 aromatic rings. The van der Waals surface area contributed by atoms with Gasteiger partial charge in [-0.2, -0.15) is 5.10 Å². The lowest BCUT2D eigenvalue weighted by Crippen LogP contribution is -2.20. The fourth-order valence-electron chi connectivity index (χ4n) is 2.28. The first-order valence-electron chi connectivity index (χ1n) is 8.62. The molecule has 144 valence electrons. The summed E-state index contributed by atoms with van der Waals surface area (Å²) in [5.41, 5.74) is 5.03. The van der Waals surface area contributed by atoms with Gasteiger partial charge in [0.25, 0.3) is 0 Å². The summed E-state index contributed by atoms with van der Waals surface area (Å²) in [7, 11) is 1.60. The lowest BCUT2D eigenvalue weighted by Gasteiger charge is -2.06. The molecule has 0 amide bonds. The number of nitrogens with zero attached hydrogens (tertiary/aromatic N) is 2. The second-order valence-electron chi connectivity index (χ2n) is 5.55. The van der Waals surface area contributed by atoms with Crippen molar-refractivity contribution in [3.63, 3.8) is 0 Å². The highest BCUT2D eigenvalue weighted by atomic mass is 32.1. The van der Waals surface area contributed by atoms with E-state index in [0.717, 1.165) is 11.4 Å².